The summed E-state index contributed by atoms with van der Waals surface area (Å²) in [6.45, 7) is 1.73. The van der Waals surface area contributed by atoms with Crippen molar-refractivity contribution in [2.45, 2.75) is 6.92 Å². The number of anilines is 2. The van der Waals surface area contributed by atoms with Crippen molar-refractivity contribution in [1.29, 1.82) is 0 Å². The lowest BCUT2D eigenvalue weighted by Gasteiger charge is -2.04. The molecule has 0 aromatic carbocycles. The lowest BCUT2D eigenvalue weighted by Crippen LogP contribution is -1.95. The second-order valence-electron chi connectivity index (χ2n) is 5.11. The third-order valence-electron chi connectivity index (χ3n) is 3.34. The highest BCUT2D eigenvalue weighted by Gasteiger charge is 2.07. The van der Waals surface area contributed by atoms with Gasteiger partial charge in [0.2, 0.25) is 5.89 Å². The average Bonchev–Trinajstić information content (AvgIpc) is 3.15. The van der Waals surface area contributed by atoms with Crippen LogP contribution in [-0.2, 0) is 7.05 Å². The topological polar surface area (TPSA) is 94.6 Å². The van der Waals surface area contributed by atoms with Gasteiger partial charge in [0.1, 0.15) is 5.82 Å². The first-order chi connectivity index (χ1) is 11.2. The summed E-state index contributed by atoms with van der Waals surface area (Å²) >= 11 is 0. The monoisotopic (exact) mass is 307 g/mol. The minimum Gasteiger partial charge on any atom is -0.408 e. The van der Waals surface area contributed by atoms with Gasteiger partial charge in [-0.1, -0.05) is 5.10 Å². The highest BCUT2D eigenvalue weighted by Crippen LogP contribution is 2.23. The van der Waals surface area contributed by atoms with Gasteiger partial charge in [-0.15, -0.1) is 5.10 Å². The second kappa shape index (κ2) is 5.16. The van der Waals surface area contributed by atoms with Crippen molar-refractivity contribution in [3.63, 3.8) is 0 Å². The predicted molar refractivity (Wildman–Crippen MR) is 84.1 cm³/mol. The van der Waals surface area contributed by atoms with Gasteiger partial charge in [0.25, 0.3) is 0 Å². The minimum atomic E-state index is 0.311. The molecular weight excluding hydrogens is 294 g/mol. The largest absolute Gasteiger partial charge is 0.408 e. The average molecular weight is 307 g/mol. The Hall–Kier alpha value is -3.29. The molecule has 23 heavy (non-hydrogen) atoms. The zero-order valence-corrected chi connectivity index (χ0v) is 12.6. The van der Waals surface area contributed by atoms with Gasteiger partial charge in [0.05, 0.1) is 17.2 Å². The molecule has 0 fully saturated rings. The van der Waals surface area contributed by atoms with Crippen LogP contribution in [0.25, 0.3) is 22.2 Å². The summed E-state index contributed by atoms with van der Waals surface area (Å²) in [6, 6.07) is 5.99. The molecule has 1 N–H and O–H groups in total. The van der Waals surface area contributed by atoms with E-state index in [4.69, 9.17) is 4.42 Å². The molecule has 0 aliphatic carbocycles. The lowest BCUT2D eigenvalue weighted by molar-refractivity contribution is 0.535. The Kier molecular flexibility index (Phi) is 3.00. The summed E-state index contributed by atoms with van der Waals surface area (Å²) in [7, 11) is 1.88. The second-order valence-corrected chi connectivity index (χ2v) is 5.11. The van der Waals surface area contributed by atoms with Gasteiger partial charge in [-0.3, -0.25) is 15.0 Å². The zero-order chi connectivity index (χ0) is 15.8. The van der Waals surface area contributed by atoms with Crippen molar-refractivity contribution in [2.24, 2.45) is 7.05 Å². The highest BCUT2D eigenvalue weighted by atomic mass is 16.4. The molecule has 0 spiro atoms. The van der Waals surface area contributed by atoms with Crippen molar-refractivity contribution in [1.82, 2.24) is 29.9 Å². The van der Waals surface area contributed by atoms with Crippen molar-refractivity contribution in [2.75, 3.05) is 5.32 Å². The fraction of sp³-hybridized carbons (Fsp3) is 0.133. The fourth-order valence-corrected chi connectivity index (χ4v) is 2.26. The van der Waals surface area contributed by atoms with E-state index in [-0.39, 0.29) is 0 Å². The third-order valence-corrected chi connectivity index (χ3v) is 3.34. The van der Waals surface area contributed by atoms with E-state index in [0.717, 1.165) is 22.2 Å². The third kappa shape index (κ3) is 2.61. The number of nitrogens with one attached hydrogen (secondary N) is 1. The van der Waals surface area contributed by atoms with Gasteiger partial charge in [-0.25, -0.2) is 4.98 Å². The van der Waals surface area contributed by atoms with Crippen LogP contribution in [0.5, 0.6) is 0 Å². The Morgan fingerprint density at radius 2 is 2.00 bits per heavy atom. The zero-order valence-electron chi connectivity index (χ0n) is 12.6. The first kappa shape index (κ1) is 13.4. The van der Waals surface area contributed by atoms with Crippen molar-refractivity contribution in [3.05, 3.63) is 42.7 Å². The predicted octanol–water partition coefficient (Wildman–Crippen LogP) is 2.47. The quantitative estimate of drug-likeness (QED) is 0.621. The molecule has 8 heteroatoms. The van der Waals surface area contributed by atoms with Crippen molar-refractivity contribution >= 4 is 22.9 Å². The molecule has 0 aliphatic rings. The number of rotatable bonds is 3. The Labute approximate surface area is 131 Å². The molecule has 4 aromatic rings. The molecule has 0 amide bonds. The molecule has 0 bridgehead atoms. The number of aryl methyl sites for hydroxylation is 2. The maximum absolute atomic E-state index is 5.30. The number of pyridine rings is 2. The van der Waals surface area contributed by atoms with E-state index in [1.807, 2.05) is 37.6 Å². The molecule has 114 valence electrons. The molecule has 0 saturated heterocycles. The molecular formula is C15H13N7O. The summed E-state index contributed by atoms with van der Waals surface area (Å²) in [6.07, 6.45) is 5.55. The van der Waals surface area contributed by atoms with Crippen LogP contribution in [0.15, 0.2) is 41.2 Å². The van der Waals surface area contributed by atoms with E-state index in [1.165, 1.54) is 0 Å². The van der Waals surface area contributed by atoms with Crippen LogP contribution in [0.4, 0.5) is 11.8 Å². The molecule has 0 radical (unpaired) electrons. The normalized spacial score (nSPS) is 11.0. The summed E-state index contributed by atoms with van der Waals surface area (Å²) in [5.41, 5.74) is 3.54. The number of aromatic nitrogens is 6. The maximum Gasteiger partial charge on any atom is 0.321 e. The van der Waals surface area contributed by atoms with Crippen LogP contribution in [0.3, 0.4) is 0 Å². The molecule has 0 atom stereocenters. The summed E-state index contributed by atoms with van der Waals surface area (Å²) in [5.74, 6) is 1.11. The van der Waals surface area contributed by atoms with E-state index < -0.39 is 0 Å². The molecule has 8 nitrogen and oxygen atoms in total. The van der Waals surface area contributed by atoms with Gasteiger partial charge in [0.15, 0.2) is 0 Å². The number of fused-ring (bicyclic) bond motifs is 1. The summed E-state index contributed by atoms with van der Waals surface area (Å²) < 4.78 is 7.05. The number of nitrogens with zero attached hydrogens (tertiary/aromatic N) is 6. The van der Waals surface area contributed by atoms with E-state index >= 15 is 0 Å². The fourth-order valence-electron chi connectivity index (χ4n) is 2.26. The van der Waals surface area contributed by atoms with Crippen LogP contribution >= 0.6 is 0 Å². The van der Waals surface area contributed by atoms with Gasteiger partial charge >= 0.3 is 6.01 Å². The highest BCUT2D eigenvalue weighted by molar-refractivity contribution is 5.81. The standard InChI is InChI=1S/C15H13N7O/c1-9-20-21-15(23-9)19-14-4-3-12-13(18-14)5-10(6-16-12)11-7-17-22(2)8-11/h3-8H,1-2H3,(H,18,19,21). The molecule has 4 rings (SSSR count). The maximum atomic E-state index is 5.30. The Morgan fingerprint density at radius 3 is 2.74 bits per heavy atom. The van der Waals surface area contributed by atoms with E-state index in [1.54, 1.807) is 17.8 Å². The number of hydrogen-bond donors (Lipinski definition) is 1. The van der Waals surface area contributed by atoms with Crippen molar-refractivity contribution < 1.29 is 4.42 Å². The Balaban J connectivity index is 1.71. The van der Waals surface area contributed by atoms with Crippen LogP contribution in [0.1, 0.15) is 5.89 Å². The van der Waals surface area contributed by atoms with Crippen LogP contribution < -0.4 is 5.32 Å². The van der Waals surface area contributed by atoms with Crippen molar-refractivity contribution in [3.8, 4) is 11.1 Å². The van der Waals surface area contributed by atoms with Gasteiger partial charge in [-0.2, -0.15) is 5.10 Å². The van der Waals surface area contributed by atoms with Gasteiger partial charge in [0, 0.05) is 37.5 Å². The molecule has 0 aliphatic heterocycles. The Morgan fingerprint density at radius 1 is 1.09 bits per heavy atom. The SMILES string of the molecule is Cc1nnc(Nc2ccc3ncc(-c4cnn(C)c4)cc3n2)o1. The van der Waals surface area contributed by atoms with Gasteiger partial charge < -0.3 is 4.42 Å². The van der Waals surface area contributed by atoms with Crippen LogP contribution in [0, 0.1) is 6.92 Å². The smallest absolute Gasteiger partial charge is 0.321 e. The molecule has 0 saturated carbocycles. The first-order valence-corrected chi connectivity index (χ1v) is 7.00. The van der Waals surface area contributed by atoms with Crippen LogP contribution in [0.2, 0.25) is 0 Å². The molecule has 4 aromatic heterocycles. The summed E-state index contributed by atoms with van der Waals surface area (Å²) in [5, 5.41) is 14.8. The van der Waals surface area contributed by atoms with E-state index in [2.05, 4.69) is 30.6 Å². The van der Waals surface area contributed by atoms with E-state index in [0.29, 0.717) is 17.7 Å². The molecule has 4 heterocycles. The first-order valence-electron chi connectivity index (χ1n) is 7.00. The lowest BCUT2D eigenvalue weighted by atomic mass is 10.1. The van der Waals surface area contributed by atoms with E-state index in [9.17, 15) is 0 Å². The Bertz CT molecular complexity index is 988. The minimum absolute atomic E-state index is 0.311. The summed E-state index contributed by atoms with van der Waals surface area (Å²) in [4.78, 5) is 8.98. The van der Waals surface area contributed by atoms with Gasteiger partial charge in [-0.05, 0) is 18.2 Å². The van der Waals surface area contributed by atoms with Crippen LogP contribution in [-0.4, -0.2) is 29.9 Å². The number of hydrogen-bond acceptors (Lipinski definition) is 7. The molecule has 0 unspecified atom stereocenters.